The maximum Gasteiger partial charge on any atom is 0.305 e. The summed E-state index contributed by atoms with van der Waals surface area (Å²) in [5.41, 5.74) is 2.79. The maximum atomic E-state index is 13.4. The van der Waals surface area contributed by atoms with Gasteiger partial charge < -0.3 is 10.0 Å². The highest BCUT2D eigenvalue weighted by atomic mass is 19.1. The number of carboxylic acid groups (broad SMARTS) is 1. The van der Waals surface area contributed by atoms with E-state index in [-0.39, 0.29) is 12.2 Å². The molecule has 0 fully saturated rings. The molecule has 0 spiro atoms. The Hall–Kier alpha value is -2.36. The Labute approximate surface area is 123 Å². The molecule has 0 heterocycles. The van der Waals surface area contributed by atoms with Crippen molar-refractivity contribution in [1.82, 2.24) is 0 Å². The Morgan fingerprint density at radius 2 is 1.90 bits per heavy atom. The molecule has 0 aliphatic heterocycles. The van der Waals surface area contributed by atoms with E-state index in [1.54, 1.807) is 6.07 Å². The summed E-state index contributed by atoms with van der Waals surface area (Å²) in [7, 11) is 0. The van der Waals surface area contributed by atoms with E-state index in [1.807, 2.05) is 42.2 Å². The number of rotatable bonds is 6. The number of benzene rings is 2. The normalized spacial score (nSPS) is 10.4. The zero-order valence-electron chi connectivity index (χ0n) is 11.9. The first-order valence-electron chi connectivity index (χ1n) is 6.83. The van der Waals surface area contributed by atoms with Gasteiger partial charge in [-0.2, -0.15) is 0 Å². The lowest BCUT2D eigenvalue weighted by Crippen LogP contribution is -2.26. The molecule has 4 heteroatoms. The monoisotopic (exact) mass is 287 g/mol. The molecule has 0 aromatic heterocycles. The van der Waals surface area contributed by atoms with Crippen LogP contribution in [0.25, 0.3) is 0 Å². The van der Waals surface area contributed by atoms with Crippen molar-refractivity contribution in [2.75, 3.05) is 11.4 Å². The van der Waals surface area contributed by atoms with Gasteiger partial charge in [-0.15, -0.1) is 0 Å². The third-order valence-electron chi connectivity index (χ3n) is 3.39. The van der Waals surface area contributed by atoms with E-state index in [4.69, 9.17) is 5.11 Å². The summed E-state index contributed by atoms with van der Waals surface area (Å²) in [5, 5.41) is 8.89. The van der Waals surface area contributed by atoms with E-state index in [0.717, 1.165) is 16.8 Å². The molecule has 2 aromatic rings. The van der Waals surface area contributed by atoms with Gasteiger partial charge in [-0.05, 0) is 42.3 Å². The van der Waals surface area contributed by atoms with Crippen LogP contribution in [0.5, 0.6) is 0 Å². The fourth-order valence-corrected chi connectivity index (χ4v) is 2.18. The molecule has 2 rings (SSSR count). The molecule has 0 amide bonds. The highest BCUT2D eigenvalue weighted by Crippen LogP contribution is 2.19. The molecule has 0 unspecified atom stereocenters. The highest BCUT2D eigenvalue weighted by Gasteiger charge is 2.11. The average Bonchev–Trinajstić information content (AvgIpc) is 2.47. The van der Waals surface area contributed by atoms with E-state index in [0.29, 0.717) is 13.1 Å². The summed E-state index contributed by atoms with van der Waals surface area (Å²) in [6.07, 6.45) is 0.0449. The Morgan fingerprint density at radius 3 is 2.57 bits per heavy atom. The van der Waals surface area contributed by atoms with Gasteiger partial charge in [-0.3, -0.25) is 4.79 Å². The Bertz CT molecular complexity index is 613. The minimum absolute atomic E-state index is 0.0449. The van der Waals surface area contributed by atoms with Crippen molar-refractivity contribution in [3.05, 3.63) is 65.5 Å². The SMILES string of the molecule is Cc1ccc(F)cc1CN(CCC(=O)O)c1ccccc1. The predicted octanol–water partition coefficient (Wildman–Crippen LogP) is 3.62. The largest absolute Gasteiger partial charge is 0.481 e. The van der Waals surface area contributed by atoms with Crippen LogP contribution in [0.3, 0.4) is 0 Å². The minimum atomic E-state index is -0.841. The zero-order valence-corrected chi connectivity index (χ0v) is 11.9. The number of carbonyl (C=O) groups is 1. The van der Waals surface area contributed by atoms with E-state index in [9.17, 15) is 9.18 Å². The van der Waals surface area contributed by atoms with Crippen LogP contribution in [0, 0.1) is 12.7 Å². The van der Waals surface area contributed by atoms with Crippen molar-refractivity contribution in [1.29, 1.82) is 0 Å². The van der Waals surface area contributed by atoms with Crippen molar-refractivity contribution in [3.8, 4) is 0 Å². The second kappa shape index (κ2) is 6.88. The van der Waals surface area contributed by atoms with Gasteiger partial charge in [0.2, 0.25) is 0 Å². The van der Waals surface area contributed by atoms with Crippen molar-refractivity contribution < 1.29 is 14.3 Å². The topological polar surface area (TPSA) is 40.5 Å². The Kier molecular flexibility index (Phi) is 4.93. The molecule has 0 saturated heterocycles. The summed E-state index contributed by atoms with van der Waals surface area (Å²) in [5.74, 6) is -1.12. The van der Waals surface area contributed by atoms with Gasteiger partial charge >= 0.3 is 5.97 Å². The third kappa shape index (κ3) is 4.31. The number of aryl methyl sites for hydroxylation is 1. The first-order valence-corrected chi connectivity index (χ1v) is 6.83. The number of anilines is 1. The van der Waals surface area contributed by atoms with Crippen LogP contribution in [-0.4, -0.2) is 17.6 Å². The molecule has 1 N–H and O–H groups in total. The molecule has 0 saturated carbocycles. The van der Waals surface area contributed by atoms with Crippen LogP contribution in [0.15, 0.2) is 48.5 Å². The summed E-state index contributed by atoms with van der Waals surface area (Å²) in [6.45, 7) is 2.80. The van der Waals surface area contributed by atoms with Crippen molar-refractivity contribution in [2.45, 2.75) is 19.9 Å². The molecule has 2 aromatic carbocycles. The minimum Gasteiger partial charge on any atom is -0.481 e. The summed E-state index contributed by atoms with van der Waals surface area (Å²) in [4.78, 5) is 12.8. The van der Waals surface area contributed by atoms with Crippen LogP contribution in [-0.2, 0) is 11.3 Å². The van der Waals surface area contributed by atoms with Gasteiger partial charge in [0.25, 0.3) is 0 Å². The molecule has 0 bridgehead atoms. The van der Waals surface area contributed by atoms with Gasteiger partial charge in [-0.25, -0.2) is 4.39 Å². The van der Waals surface area contributed by atoms with Crippen LogP contribution in [0.1, 0.15) is 17.5 Å². The number of aliphatic carboxylic acids is 1. The van der Waals surface area contributed by atoms with Crippen molar-refractivity contribution in [2.24, 2.45) is 0 Å². The number of carboxylic acids is 1. The number of hydrogen-bond donors (Lipinski definition) is 1. The smallest absolute Gasteiger partial charge is 0.305 e. The van der Waals surface area contributed by atoms with E-state index in [1.165, 1.54) is 12.1 Å². The van der Waals surface area contributed by atoms with Crippen LogP contribution >= 0.6 is 0 Å². The van der Waals surface area contributed by atoms with Gasteiger partial charge in [0, 0.05) is 18.8 Å². The number of hydrogen-bond acceptors (Lipinski definition) is 2. The first-order chi connectivity index (χ1) is 10.1. The average molecular weight is 287 g/mol. The van der Waals surface area contributed by atoms with E-state index >= 15 is 0 Å². The zero-order chi connectivity index (χ0) is 15.2. The molecule has 0 atom stereocenters. The molecule has 21 heavy (non-hydrogen) atoms. The quantitative estimate of drug-likeness (QED) is 0.882. The predicted molar refractivity (Wildman–Crippen MR) is 80.9 cm³/mol. The summed E-state index contributed by atoms with van der Waals surface area (Å²) >= 11 is 0. The fraction of sp³-hybridized carbons (Fsp3) is 0.235. The lowest BCUT2D eigenvalue weighted by molar-refractivity contribution is -0.136. The lowest BCUT2D eigenvalue weighted by Gasteiger charge is -2.25. The van der Waals surface area contributed by atoms with Crippen LogP contribution < -0.4 is 4.90 Å². The molecule has 0 aliphatic carbocycles. The second-order valence-electron chi connectivity index (χ2n) is 4.97. The number of nitrogens with zero attached hydrogens (tertiary/aromatic N) is 1. The van der Waals surface area contributed by atoms with Crippen molar-refractivity contribution in [3.63, 3.8) is 0 Å². The first kappa shape index (κ1) is 15.0. The number of para-hydroxylation sites is 1. The van der Waals surface area contributed by atoms with E-state index in [2.05, 4.69) is 0 Å². The van der Waals surface area contributed by atoms with Gasteiger partial charge in [-0.1, -0.05) is 24.3 Å². The van der Waals surface area contributed by atoms with Gasteiger partial charge in [0.15, 0.2) is 0 Å². The van der Waals surface area contributed by atoms with E-state index < -0.39 is 5.97 Å². The van der Waals surface area contributed by atoms with Gasteiger partial charge in [0.1, 0.15) is 5.82 Å². The van der Waals surface area contributed by atoms with Crippen LogP contribution in [0.2, 0.25) is 0 Å². The highest BCUT2D eigenvalue weighted by molar-refractivity contribution is 5.67. The van der Waals surface area contributed by atoms with Crippen molar-refractivity contribution >= 4 is 11.7 Å². The van der Waals surface area contributed by atoms with Gasteiger partial charge in [0.05, 0.1) is 6.42 Å². The molecular weight excluding hydrogens is 269 g/mol. The molecule has 3 nitrogen and oxygen atoms in total. The molecule has 0 radical (unpaired) electrons. The lowest BCUT2D eigenvalue weighted by atomic mass is 10.1. The Morgan fingerprint density at radius 1 is 1.19 bits per heavy atom. The standard InChI is InChI=1S/C17H18FNO2/c1-13-7-8-15(18)11-14(13)12-19(10-9-17(20)21)16-5-3-2-4-6-16/h2-8,11H,9-10,12H2,1H3,(H,20,21). The van der Waals surface area contributed by atoms with Crippen LogP contribution in [0.4, 0.5) is 10.1 Å². The fourth-order valence-electron chi connectivity index (χ4n) is 2.18. The maximum absolute atomic E-state index is 13.4. The number of halogens is 1. The molecule has 0 aliphatic rings. The Balaban J connectivity index is 2.23. The second-order valence-corrected chi connectivity index (χ2v) is 4.97. The summed E-state index contributed by atoms with van der Waals surface area (Å²) in [6, 6.07) is 14.3. The summed E-state index contributed by atoms with van der Waals surface area (Å²) < 4.78 is 13.4. The molecular formula is C17H18FNO2. The molecule has 110 valence electrons. The third-order valence-corrected chi connectivity index (χ3v) is 3.39.